The molecule has 2 aromatic heterocycles. The van der Waals surface area contributed by atoms with Crippen molar-refractivity contribution >= 4 is 28.0 Å². The zero-order chi connectivity index (χ0) is 29.6. The molecule has 2 heterocycles. The lowest BCUT2D eigenvalue weighted by atomic mass is 9.81. The van der Waals surface area contributed by atoms with E-state index in [4.69, 9.17) is 9.97 Å². The van der Waals surface area contributed by atoms with Gasteiger partial charge in [-0.2, -0.15) is 0 Å². The Morgan fingerprint density at radius 1 is 0.833 bits per heavy atom. The molecule has 6 nitrogen and oxygen atoms in total. The second kappa shape index (κ2) is 10.6. The summed E-state index contributed by atoms with van der Waals surface area (Å²) in [5.74, 6) is 1.09. The van der Waals surface area contributed by atoms with Crippen molar-refractivity contribution in [2.75, 3.05) is 0 Å². The van der Waals surface area contributed by atoms with Gasteiger partial charge < -0.3 is 14.2 Å². The van der Waals surface area contributed by atoms with Gasteiger partial charge in [-0.1, -0.05) is 82.3 Å². The molecule has 6 rings (SSSR count). The summed E-state index contributed by atoms with van der Waals surface area (Å²) < 4.78 is 4.43. The first-order valence-electron chi connectivity index (χ1n) is 14.5. The lowest BCUT2D eigenvalue weighted by Crippen LogP contribution is -2.17. The number of benzene rings is 4. The van der Waals surface area contributed by atoms with E-state index >= 15 is 0 Å². The Hall–Kier alpha value is -4.71. The first kappa shape index (κ1) is 27.5. The van der Waals surface area contributed by atoms with Gasteiger partial charge in [0.2, 0.25) is 0 Å². The maximum atomic E-state index is 12.3. The van der Waals surface area contributed by atoms with E-state index in [1.54, 1.807) is 0 Å². The van der Waals surface area contributed by atoms with Crippen LogP contribution in [0.4, 0.5) is 0 Å². The average molecular weight is 557 g/mol. The summed E-state index contributed by atoms with van der Waals surface area (Å²) >= 11 is 0. The van der Waals surface area contributed by atoms with Crippen molar-refractivity contribution in [3.8, 4) is 22.5 Å². The summed E-state index contributed by atoms with van der Waals surface area (Å²) in [4.78, 5) is 22.3. The van der Waals surface area contributed by atoms with Crippen LogP contribution in [-0.4, -0.2) is 30.2 Å². The minimum Gasteiger partial charge on any atom is -0.478 e. The maximum Gasteiger partial charge on any atom is 0.336 e. The van der Waals surface area contributed by atoms with Crippen LogP contribution in [0.25, 0.3) is 44.6 Å². The van der Waals surface area contributed by atoms with Gasteiger partial charge in [-0.15, -0.1) is 0 Å². The molecule has 42 heavy (non-hydrogen) atoms. The molecule has 6 aromatic rings. The predicted octanol–water partition coefficient (Wildman–Crippen LogP) is 8.25. The van der Waals surface area contributed by atoms with E-state index in [9.17, 15) is 9.90 Å². The van der Waals surface area contributed by atoms with Gasteiger partial charge in [-0.05, 0) is 64.4 Å². The van der Waals surface area contributed by atoms with E-state index in [-0.39, 0.29) is 5.41 Å². The topological polar surface area (TPSA) is 72.9 Å². The van der Waals surface area contributed by atoms with Gasteiger partial charge in [0.1, 0.15) is 11.6 Å². The van der Waals surface area contributed by atoms with Crippen LogP contribution in [0.15, 0.2) is 84.9 Å². The van der Waals surface area contributed by atoms with E-state index < -0.39 is 5.97 Å². The smallest absolute Gasteiger partial charge is 0.336 e. The Labute approximate surface area is 246 Å². The number of carboxylic acid groups (broad SMARTS) is 1. The molecule has 212 valence electrons. The third-order valence-corrected chi connectivity index (χ3v) is 8.04. The zero-order valence-electron chi connectivity index (χ0n) is 24.8. The van der Waals surface area contributed by atoms with E-state index in [0.717, 1.165) is 74.4 Å². The first-order chi connectivity index (χ1) is 20.2. The van der Waals surface area contributed by atoms with Crippen molar-refractivity contribution in [2.45, 2.75) is 52.5 Å². The molecule has 0 bridgehead atoms. The van der Waals surface area contributed by atoms with Crippen LogP contribution in [0.5, 0.6) is 0 Å². The molecule has 1 N–H and O–H groups in total. The van der Waals surface area contributed by atoms with Crippen LogP contribution >= 0.6 is 0 Å². The van der Waals surface area contributed by atoms with Crippen molar-refractivity contribution in [3.05, 3.63) is 107 Å². The highest BCUT2D eigenvalue weighted by molar-refractivity contribution is 5.98. The number of carboxylic acids is 1. The normalized spacial score (nSPS) is 11.9. The molecule has 0 fully saturated rings. The molecule has 0 amide bonds. The van der Waals surface area contributed by atoms with Gasteiger partial charge in [0.05, 0.1) is 27.6 Å². The standard InChI is InChI=1S/C36H36N4O2/c1-6-10-32-37-29-21-25(34-38-28-13-7-8-14-30(28)39(34)5)19-20-31(29)40(32)22-23-15-17-24(18-16-23)26-11-9-12-27(36(2,3)4)33(26)35(41)42/h7-9,11-21H,6,10,22H2,1-5H3,(H,41,42). The number of aryl methyl sites for hydroxylation is 2. The van der Waals surface area contributed by atoms with E-state index in [1.165, 1.54) is 0 Å². The Kier molecular flexibility index (Phi) is 6.93. The monoisotopic (exact) mass is 556 g/mol. The Morgan fingerprint density at radius 2 is 1.57 bits per heavy atom. The number of hydrogen-bond acceptors (Lipinski definition) is 3. The van der Waals surface area contributed by atoms with Crippen molar-refractivity contribution in [1.82, 2.24) is 19.1 Å². The molecule has 0 atom stereocenters. The number of carbonyl (C=O) groups is 1. The molecule has 0 radical (unpaired) electrons. The molecule has 0 aliphatic heterocycles. The summed E-state index contributed by atoms with van der Waals surface area (Å²) in [5.41, 5.74) is 8.92. The van der Waals surface area contributed by atoms with Gasteiger partial charge in [0.25, 0.3) is 0 Å². The predicted molar refractivity (Wildman–Crippen MR) is 170 cm³/mol. The van der Waals surface area contributed by atoms with E-state index in [1.807, 2.05) is 69.3 Å². The number of hydrogen-bond donors (Lipinski definition) is 1. The van der Waals surface area contributed by atoms with Gasteiger partial charge >= 0.3 is 5.97 Å². The molecular formula is C36H36N4O2. The van der Waals surface area contributed by atoms with Crippen molar-refractivity contribution < 1.29 is 9.90 Å². The second-order valence-corrected chi connectivity index (χ2v) is 12.0. The van der Waals surface area contributed by atoms with Gasteiger partial charge in [0.15, 0.2) is 0 Å². The van der Waals surface area contributed by atoms with E-state index in [2.05, 4.69) is 59.5 Å². The van der Waals surface area contributed by atoms with Crippen LogP contribution in [0, 0.1) is 0 Å². The molecule has 0 aliphatic rings. The number of imidazole rings is 2. The number of aromatic nitrogens is 4. The first-order valence-corrected chi connectivity index (χ1v) is 14.5. The molecular weight excluding hydrogens is 520 g/mol. The van der Waals surface area contributed by atoms with Crippen molar-refractivity contribution in [3.63, 3.8) is 0 Å². The zero-order valence-corrected chi connectivity index (χ0v) is 24.8. The second-order valence-electron chi connectivity index (χ2n) is 12.0. The SMILES string of the molecule is CCCc1nc2cc(-c3nc4ccccc4n3C)ccc2n1Cc1ccc(-c2cccc(C(C)(C)C)c2C(=O)O)cc1. The van der Waals surface area contributed by atoms with Crippen LogP contribution < -0.4 is 0 Å². The van der Waals surface area contributed by atoms with Gasteiger partial charge in [-0.3, -0.25) is 0 Å². The molecule has 4 aromatic carbocycles. The molecule has 0 spiro atoms. The van der Waals surface area contributed by atoms with Gasteiger partial charge in [-0.25, -0.2) is 14.8 Å². The molecule has 0 unspecified atom stereocenters. The Bertz CT molecular complexity index is 1940. The van der Waals surface area contributed by atoms with E-state index in [0.29, 0.717) is 12.1 Å². The van der Waals surface area contributed by atoms with Crippen LogP contribution in [-0.2, 0) is 25.4 Å². The summed E-state index contributed by atoms with van der Waals surface area (Å²) in [6, 6.07) is 28.7. The summed E-state index contributed by atoms with van der Waals surface area (Å²) in [5, 5.41) is 10.1. The minimum atomic E-state index is -0.897. The number of nitrogens with zero attached hydrogens (tertiary/aromatic N) is 4. The summed E-state index contributed by atoms with van der Waals surface area (Å²) in [7, 11) is 2.05. The van der Waals surface area contributed by atoms with Crippen LogP contribution in [0.2, 0.25) is 0 Å². The number of aromatic carboxylic acids is 1. The lowest BCUT2D eigenvalue weighted by Gasteiger charge is -2.23. The fourth-order valence-corrected chi connectivity index (χ4v) is 5.93. The van der Waals surface area contributed by atoms with Gasteiger partial charge in [0, 0.05) is 25.6 Å². The lowest BCUT2D eigenvalue weighted by molar-refractivity contribution is 0.0695. The van der Waals surface area contributed by atoms with Crippen LogP contribution in [0.3, 0.4) is 0 Å². The highest BCUT2D eigenvalue weighted by atomic mass is 16.4. The molecule has 6 heteroatoms. The number of para-hydroxylation sites is 2. The molecule has 0 saturated heterocycles. The van der Waals surface area contributed by atoms with Crippen molar-refractivity contribution in [2.24, 2.45) is 7.05 Å². The van der Waals surface area contributed by atoms with Crippen LogP contribution in [0.1, 0.15) is 61.4 Å². The minimum absolute atomic E-state index is 0.272. The fraction of sp³-hybridized carbons (Fsp3) is 0.250. The molecule has 0 saturated carbocycles. The third kappa shape index (κ3) is 4.87. The largest absolute Gasteiger partial charge is 0.478 e. The maximum absolute atomic E-state index is 12.3. The number of fused-ring (bicyclic) bond motifs is 2. The number of rotatable bonds is 7. The third-order valence-electron chi connectivity index (χ3n) is 8.04. The Morgan fingerprint density at radius 3 is 2.26 bits per heavy atom. The van der Waals surface area contributed by atoms with Crippen molar-refractivity contribution in [1.29, 1.82) is 0 Å². The summed E-state index contributed by atoms with van der Waals surface area (Å²) in [6.07, 6.45) is 1.89. The Balaban J connectivity index is 1.35. The highest BCUT2D eigenvalue weighted by Crippen LogP contribution is 2.34. The average Bonchev–Trinajstić information content (AvgIpc) is 3.49. The highest BCUT2D eigenvalue weighted by Gasteiger charge is 2.24. The summed E-state index contributed by atoms with van der Waals surface area (Å²) in [6.45, 7) is 9.01. The fourth-order valence-electron chi connectivity index (χ4n) is 5.93. The molecule has 0 aliphatic carbocycles. The quantitative estimate of drug-likeness (QED) is 0.215.